The van der Waals surface area contributed by atoms with E-state index >= 15 is 0 Å². The summed E-state index contributed by atoms with van der Waals surface area (Å²) < 4.78 is 25.7. The zero-order chi connectivity index (χ0) is 23.4. The molecule has 33 heavy (non-hydrogen) atoms. The Labute approximate surface area is 192 Å². The van der Waals surface area contributed by atoms with Crippen molar-refractivity contribution in [1.29, 1.82) is 0 Å². The predicted octanol–water partition coefficient (Wildman–Crippen LogP) is 5.41. The minimum atomic E-state index is -0.431. The van der Waals surface area contributed by atoms with Gasteiger partial charge in [0, 0.05) is 31.2 Å². The van der Waals surface area contributed by atoms with Crippen molar-refractivity contribution in [3.63, 3.8) is 0 Å². The molecule has 1 heterocycles. The first kappa shape index (κ1) is 22.6. The topological polar surface area (TPSA) is 71.0 Å². The number of para-hydroxylation sites is 1. The third kappa shape index (κ3) is 4.78. The Morgan fingerprint density at radius 1 is 1.15 bits per heavy atom. The molecule has 0 bridgehead atoms. The number of rotatable bonds is 6. The summed E-state index contributed by atoms with van der Waals surface area (Å²) in [7, 11) is 0. The third-order valence-corrected chi connectivity index (χ3v) is 5.61. The Morgan fingerprint density at radius 3 is 2.58 bits per heavy atom. The number of aromatic hydroxyl groups is 1. The molecule has 2 N–H and O–H groups in total. The Balaban J connectivity index is 1.68. The average Bonchev–Trinajstić information content (AvgIpc) is 3.02. The highest BCUT2D eigenvalue weighted by molar-refractivity contribution is 5.94. The largest absolute Gasteiger partial charge is 0.507 e. The number of hydrogen-bond donors (Lipinski definition) is 2. The molecule has 6 nitrogen and oxygen atoms in total. The van der Waals surface area contributed by atoms with Crippen LogP contribution in [0.15, 0.2) is 54.6 Å². The molecule has 4 rings (SSSR count). The van der Waals surface area contributed by atoms with Crippen molar-refractivity contribution in [2.45, 2.75) is 20.3 Å². The predicted molar refractivity (Wildman–Crippen MR) is 127 cm³/mol. The molecule has 0 aliphatic carbocycles. The third-order valence-electron chi connectivity index (χ3n) is 5.61. The van der Waals surface area contributed by atoms with Gasteiger partial charge in [0.2, 0.25) is 5.91 Å². The van der Waals surface area contributed by atoms with Crippen LogP contribution in [0.25, 0.3) is 22.3 Å². The highest BCUT2D eigenvalue weighted by Gasteiger charge is 2.21. The van der Waals surface area contributed by atoms with Gasteiger partial charge in [0.1, 0.15) is 24.0 Å². The number of benzene rings is 3. The van der Waals surface area contributed by atoms with Crippen LogP contribution in [0, 0.1) is 5.82 Å². The number of anilines is 2. The standard InChI is InChI=1S/C26H27FN2O4/c1-3-32-16-28-23-10-8-18(14-22(23)27)20-6-4-7-21(26(20)31)19-9-11-24-25(15-19)33-13-5-12-29(24)17(2)30/h4,6-11,14-15,28,31H,3,5,12-13,16H2,1-2H3. The van der Waals surface area contributed by atoms with Crippen LogP contribution in [0.5, 0.6) is 11.5 Å². The van der Waals surface area contributed by atoms with E-state index in [4.69, 9.17) is 9.47 Å². The number of fused-ring (bicyclic) bond motifs is 1. The lowest BCUT2D eigenvalue weighted by Gasteiger charge is -2.20. The van der Waals surface area contributed by atoms with E-state index in [1.807, 2.05) is 31.2 Å². The molecule has 0 spiro atoms. The Kier molecular flexibility index (Phi) is 6.79. The first-order valence-electron chi connectivity index (χ1n) is 11.0. The van der Waals surface area contributed by atoms with E-state index in [9.17, 15) is 14.3 Å². The Bertz CT molecular complexity index is 1170. The highest BCUT2D eigenvalue weighted by Crippen LogP contribution is 2.42. The van der Waals surface area contributed by atoms with Crippen molar-refractivity contribution >= 4 is 17.3 Å². The number of phenols is 1. The summed E-state index contributed by atoms with van der Waals surface area (Å²) >= 11 is 0. The SMILES string of the molecule is CCOCNc1ccc(-c2cccc(-c3ccc4c(c3)OCCCN4C(C)=O)c2O)cc1F. The second-order valence-electron chi connectivity index (χ2n) is 7.77. The van der Waals surface area contributed by atoms with Crippen LogP contribution in [0.4, 0.5) is 15.8 Å². The van der Waals surface area contributed by atoms with Gasteiger partial charge in [0.05, 0.1) is 18.0 Å². The summed E-state index contributed by atoms with van der Waals surface area (Å²) in [6, 6.07) is 15.6. The van der Waals surface area contributed by atoms with Gasteiger partial charge in [-0.25, -0.2) is 4.39 Å². The second-order valence-corrected chi connectivity index (χ2v) is 7.77. The summed E-state index contributed by atoms with van der Waals surface area (Å²) in [6.07, 6.45) is 0.741. The van der Waals surface area contributed by atoms with Crippen LogP contribution < -0.4 is 15.0 Å². The minimum absolute atomic E-state index is 0.0411. The van der Waals surface area contributed by atoms with Gasteiger partial charge in [0.25, 0.3) is 0 Å². The van der Waals surface area contributed by atoms with Gasteiger partial charge >= 0.3 is 0 Å². The lowest BCUT2D eigenvalue weighted by atomic mass is 9.96. The molecule has 0 fully saturated rings. The zero-order valence-corrected chi connectivity index (χ0v) is 18.7. The molecule has 3 aromatic rings. The maximum Gasteiger partial charge on any atom is 0.223 e. The molecule has 7 heteroatoms. The van der Waals surface area contributed by atoms with Crippen molar-refractivity contribution < 1.29 is 23.8 Å². The number of nitrogens with one attached hydrogen (secondary N) is 1. The lowest BCUT2D eigenvalue weighted by Crippen LogP contribution is -2.28. The Hall–Kier alpha value is -3.58. The molecule has 3 aromatic carbocycles. The number of hydrogen-bond acceptors (Lipinski definition) is 5. The van der Waals surface area contributed by atoms with Crippen molar-refractivity contribution in [2.75, 3.05) is 36.7 Å². The van der Waals surface area contributed by atoms with Crippen molar-refractivity contribution in [2.24, 2.45) is 0 Å². The van der Waals surface area contributed by atoms with Crippen LogP contribution >= 0.6 is 0 Å². The van der Waals surface area contributed by atoms with E-state index in [-0.39, 0.29) is 18.4 Å². The van der Waals surface area contributed by atoms with Gasteiger partial charge in [-0.3, -0.25) is 4.79 Å². The first-order valence-corrected chi connectivity index (χ1v) is 11.0. The van der Waals surface area contributed by atoms with E-state index in [1.165, 1.54) is 13.0 Å². The van der Waals surface area contributed by atoms with E-state index in [2.05, 4.69) is 5.32 Å². The smallest absolute Gasteiger partial charge is 0.223 e. The second kappa shape index (κ2) is 9.92. The molecule has 1 aliphatic rings. The summed E-state index contributed by atoms with van der Waals surface area (Å²) in [6.45, 7) is 5.27. The van der Waals surface area contributed by atoms with Gasteiger partial charge in [-0.1, -0.05) is 30.3 Å². The van der Waals surface area contributed by atoms with Crippen LogP contribution in [-0.2, 0) is 9.53 Å². The van der Waals surface area contributed by atoms with Gasteiger partial charge < -0.3 is 24.8 Å². The fraction of sp³-hybridized carbons (Fsp3) is 0.269. The monoisotopic (exact) mass is 450 g/mol. The van der Waals surface area contributed by atoms with Gasteiger partial charge in [0.15, 0.2) is 0 Å². The van der Waals surface area contributed by atoms with Crippen LogP contribution in [0.1, 0.15) is 20.3 Å². The fourth-order valence-corrected chi connectivity index (χ4v) is 3.94. The maximum absolute atomic E-state index is 14.6. The summed E-state index contributed by atoms with van der Waals surface area (Å²) in [5.41, 5.74) is 3.47. The molecule has 0 aromatic heterocycles. The van der Waals surface area contributed by atoms with Crippen LogP contribution in [-0.4, -0.2) is 37.5 Å². The minimum Gasteiger partial charge on any atom is -0.507 e. The van der Waals surface area contributed by atoms with E-state index < -0.39 is 5.82 Å². The number of ether oxygens (including phenoxy) is 2. The summed E-state index contributed by atoms with van der Waals surface area (Å²) in [5, 5.41) is 14.0. The molecular weight excluding hydrogens is 423 g/mol. The molecule has 1 aliphatic heterocycles. The number of carbonyl (C=O) groups is 1. The molecule has 0 atom stereocenters. The van der Waals surface area contributed by atoms with Crippen molar-refractivity contribution in [3.8, 4) is 33.8 Å². The van der Waals surface area contributed by atoms with Gasteiger partial charge in [-0.15, -0.1) is 0 Å². The number of carbonyl (C=O) groups excluding carboxylic acids is 1. The summed E-state index contributed by atoms with van der Waals surface area (Å²) in [4.78, 5) is 13.7. The van der Waals surface area contributed by atoms with Crippen LogP contribution in [0.3, 0.4) is 0 Å². The van der Waals surface area contributed by atoms with Crippen LogP contribution in [0.2, 0.25) is 0 Å². The number of phenolic OH excluding ortho intramolecular Hbond substituents is 1. The van der Waals surface area contributed by atoms with E-state index in [0.29, 0.717) is 47.9 Å². The Morgan fingerprint density at radius 2 is 1.88 bits per heavy atom. The number of nitrogens with zero attached hydrogens (tertiary/aromatic N) is 1. The zero-order valence-electron chi connectivity index (χ0n) is 18.7. The number of halogens is 1. The normalized spacial score (nSPS) is 13.1. The van der Waals surface area contributed by atoms with Crippen molar-refractivity contribution in [1.82, 2.24) is 0 Å². The van der Waals surface area contributed by atoms with Gasteiger partial charge in [-0.05, 0) is 48.7 Å². The molecule has 0 saturated heterocycles. The quantitative estimate of drug-likeness (QED) is 0.388. The van der Waals surface area contributed by atoms with Crippen molar-refractivity contribution in [3.05, 3.63) is 60.4 Å². The average molecular weight is 451 g/mol. The molecule has 0 unspecified atom stereocenters. The first-order chi connectivity index (χ1) is 16.0. The molecule has 1 amide bonds. The van der Waals surface area contributed by atoms with E-state index in [1.54, 1.807) is 29.2 Å². The fourth-order valence-electron chi connectivity index (χ4n) is 3.94. The molecular formula is C26H27FN2O4. The summed E-state index contributed by atoms with van der Waals surface area (Å²) in [5.74, 6) is 0.171. The van der Waals surface area contributed by atoms with E-state index in [0.717, 1.165) is 17.7 Å². The lowest BCUT2D eigenvalue weighted by molar-refractivity contribution is -0.116. The maximum atomic E-state index is 14.6. The highest BCUT2D eigenvalue weighted by atomic mass is 19.1. The number of amides is 1. The molecule has 0 saturated carbocycles. The van der Waals surface area contributed by atoms with Gasteiger partial charge in [-0.2, -0.15) is 0 Å². The molecule has 0 radical (unpaired) electrons. The molecule has 172 valence electrons.